The third-order valence-electron chi connectivity index (χ3n) is 1.73. The first-order valence-corrected chi connectivity index (χ1v) is 6.30. The zero-order valence-electron chi connectivity index (χ0n) is 11.9. The molecular formula is C12H26N2O4. The Labute approximate surface area is 109 Å². The van der Waals surface area contributed by atoms with Crippen LogP contribution in [0.1, 0.15) is 27.2 Å². The maximum Gasteiger partial charge on any atom is 0.246 e. The fraction of sp³-hybridized carbons (Fsp3) is 0.833. The minimum atomic E-state index is -0.162. The van der Waals surface area contributed by atoms with Crippen LogP contribution in [-0.4, -0.2) is 51.8 Å². The Balaban J connectivity index is 0. The monoisotopic (exact) mass is 262 g/mol. The third kappa shape index (κ3) is 14.9. The van der Waals surface area contributed by atoms with Crippen LogP contribution in [0.15, 0.2) is 0 Å². The van der Waals surface area contributed by atoms with E-state index < -0.39 is 0 Å². The van der Waals surface area contributed by atoms with E-state index in [0.717, 1.165) is 0 Å². The first kappa shape index (κ1) is 19.2. The van der Waals surface area contributed by atoms with Gasteiger partial charge in [0.25, 0.3) is 0 Å². The first-order valence-electron chi connectivity index (χ1n) is 6.30. The van der Waals surface area contributed by atoms with E-state index in [9.17, 15) is 9.59 Å². The van der Waals surface area contributed by atoms with Gasteiger partial charge in [-0.1, -0.05) is 20.8 Å². The summed E-state index contributed by atoms with van der Waals surface area (Å²) in [5, 5.41) is 5.30. The zero-order chi connectivity index (χ0) is 14.2. The van der Waals surface area contributed by atoms with Crippen molar-refractivity contribution < 1.29 is 19.1 Å². The third-order valence-corrected chi connectivity index (χ3v) is 1.73. The van der Waals surface area contributed by atoms with Crippen molar-refractivity contribution in [2.24, 2.45) is 0 Å². The van der Waals surface area contributed by atoms with Crippen LogP contribution in [0.25, 0.3) is 0 Å². The van der Waals surface area contributed by atoms with E-state index in [1.807, 2.05) is 13.8 Å². The standard InChI is InChI=1S/C10H20N2O4.C2H6/c1-3-9(13)11-4-6-16-7-5-12-10(14)8-15-2;1-2/h3-8H2,1-2H3,(H,11,13)(H,12,14);1-2H3. The molecule has 0 bridgehead atoms. The molecule has 0 fully saturated rings. The smallest absolute Gasteiger partial charge is 0.246 e. The molecule has 6 nitrogen and oxygen atoms in total. The van der Waals surface area contributed by atoms with Crippen molar-refractivity contribution in [1.82, 2.24) is 10.6 Å². The molecule has 0 aliphatic rings. The van der Waals surface area contributed by atoms with Crippen LogP contribution in [0.3, 0.4) is 0 Å². The number of carbonyl (C=O) groups excluding carboxylic acids is 2. The molecule has 0 atom stereocenters. The number of carbonyl (C=O) groups is 2. The average Bonchev–Trinajstić information content (AvgIpc) is 2.40. The molecule has 0 aliphatic carbocycles. The second-order valence-corrected chi connectivity index (χ2v) is 3.10. The van der Waals surface area contributed by atoms with E-state index in [4.69, 9.17) is 4.74 Å². The average molecular weight is 262 g/mol. The topological polar surface area (TPSA) is 76.7 Å². The molecule has 0 aromatic carbocycles. The Kier molecular flexibility index (Phi) is 16.9. The van der Waals surface area contributed by atoms with E-state index in [0.29, 0.717) is 32.7 Å². The van der Waals surface area contributed by atoms with E-state index in [1.54, 1.807) is 6.92 Å². The lowest BCUT2D eigenvalue weighted by molar-refractivity contribution is -0.125. The Bertz CT molecular complexity index is 210. The summed E-state index contributed by atoms with van der Waals surface area (Å²) < 4.78 is 9.82. The minimum Gasteiger partial charge on any atom is -0.378 e. The van der Waals surface area contributed by atoms with Crippen LogP contribution in [0.2, 0.25) is 0 Å². The van der Waals surface area contributed by atoms with Crippen molar-refractivity contribution >= 4 is 11.8 Å². The van der Waals surface area contributed by atoms with Crippen LogP contribution in [0.5, 0.6) is 0 Å². The molecule has 0 rings (SSSR count). The van der Waals surface area contributed by atoms with Gasteiger partial charge in [-0.05, 0) is 0 Å². The predicted octanol–water partition coefficient (Wildman–Crippen LogP) is 0.318. The fourth-order valence-electron chi connectivity index (χ4n) is 0.934. The van der Waals surface area contributed by atoms with Crippen molar-refractivity contribution in [3.05, 3.63) is 0 Å². The van der Waals surface area contributed by atoms with Crippen molar-refractivity contribution in [2.75, 3.05) is 40.0 Å². The quantitative estimate of drug-likeness (QED) is 0.587. The molecule has 0 heterocycles. The summed E-state index contributed by atoms with van der Waals surface area (Å²) in [6, 6.07) is 0. The predicted molar refractivity (Wildman–Crippen MR) is 70.4 cm³/mol. The number of methoxy groups -OCH3 is 1. The van der Waals surface area contributed by atoms with Gasteiger partial charge in [-0.2, -0.15) is 0 Å². The molecule has 108 valence electrons. The van der Waals surface area contributed by atoms with Gasteiger partial charge in [-0.15, -0.1) is 0 Å². The molecule has 2 amide bonds. The van der Waals surface area contributed by atoms with Gasteiger partial charge in [0.05, 0.1) is 13.2 Å². The summed E-state index contributed by atoms with van der Waals surface area (Å²) in [5.74, 6) is -0.151. The lowest BCUT2D eigenvalue weighted by Crippen LogP contribution is -2.31. The summed E-state index contributed by atoms with van der Waals surface area (Å²) in [6.45, 7) is 7.68. The van der Waals surface area contributed by atoms with Crippen molar-refractivity contribution in [3.8, 4) is 0 Å². The summed E-state index contributed by atoms with van der Waals surface area (Å²) in [5.41, 5.74) is 0. The van der Waals surface area contributed by atoms with Gasteiger partial charge in [0.1, 0.15) is 6.61 Å². The molecule has 0 unspecified atom stereocenters. The molecule has 2 N–H and O–H groups in total. The van der Waals surface area contributed by atoms with Gasteiger partial charge in [0.2, 0.25) is 11.8 Å². The molecule has 18 heavy (non-hydrogen) atoms. The number of nitrogens with one attached hydrogen (secondary N) is 2. The van der Waals surface area contributed by atoms with Crippen molar-refractivity contribution in [1.29, 1.82) is 0 Å². The van der Waals surface area contributed by atoms with Gasteiger partial charge < -0.3 is 20.1 Å². The molecule has 0 aromatic rings. The van der Waals surface area contributed by atoms with Gasteiger partial charge in [-0.25, -0.2) is 0 Å². The largest absolute Gasteiger partial charge is 0.378 e. The SMILES string of the molecule is CC.CCC(=O)NCCOCCNC(=O)COC. The summed E-state index contributed by atoms with van der Waals surface area (Å²) in [6.07, 6.45) is 0.479. The number of hydrogen-bond acceptors (Lipinski definition) is 4. The van der Waals surface area contributed by atoms with Crippen molar-refractivity contribution in [3.63, 3.8) is 0 Å². The molecule has 6 heteroatoms. The lowest BCUT2D eigenvalue weighted by atomic mass is 10.4. The maximum absolute atomic E-state index is 10.9. The molecule has 0 aromatic heterocycles. The lowest BCUT2D eigenvalue weighted by Gasteiger charge is -2.06. The molecule has 0 saturated carbocycles. The van der Waals surface area contributed by atoms with Crippen LogP contribution in [-0.2, 0) is 19.1 Å². The highest BCUT2D eigenvalue weighted by Crippen LogP contribution is 1.77. The van der Waals surface area contributed by atoms with E-state index in [-0.39, 0.29) is 18.4 Å². The van der Waals surface area contributed by atoms with Crippen LogP contribution >= 0.6 is 0 Å². The Hall–Kier alpha value is -1.14. The summed E-state index contributed by atoms with van der Waals surface area (Å²) >= 11 is 0. The fourth-order valence-corrected chi connectivity index (χ4v) is 0.934. The minimum absolute atomic E-state index is 0.0111. The van der Waals surface area contributed by atoms with Crippen LogP contribution in [0.4, 0.5) is 0 Å². The van der Waals surface area contributed by atoms with Gasteiger partial charge in [0, 0.05) is 26.6 Å². The maximum atomic E-state index is 10.9. The number of amides is 2. The molecule has 0 saturated heterocycles. The molecule has 0 radical (unpaired) electrons. The Morgan fingerprint density at radius 1 is 1.00 bits per heavy atom. The summed E-state index contributed by atoms with van der Waals surface area (Å²) in [4.78, 5) is 21.7. The normalized spacial score (nSPS) is 9.11. The van der Waals surface area contributed by atoms with Gasteiger partial charge >= 0.3 is 0 Å². The first-order chi connectivity index (χ1) is 8.70. The van der Waals surface area contributed by atoms with E-state index in [2.05, 4.69) is 15.4 Å². The second kappa shape index (κ2) is 15.9. The van der Waals surface area contributed by atoms with Crippen LogP contribution < -0.4 is 10.6 Å². The van der Waals surface area contributed by atoms with E-state index in [1.165, 1.54) is 7.11 Å². The number of ether oxygens (including phenoxy) is 2. The Morgan fingerprint density at radius 2 is 1.50 bits per heavy atom. The molecule has 0 aliphatic heterocycles. The number of hydrogen-bond donors (Lipinski definition) is 2. The summed E-state index contributed by atoms with van der Waals surface area (Å²) in [7, 11) is 1.46. The highest BCUT2D eigenvalue weighted by Gasteiger charge is 1.98. The highest BCUT2D eigenvalue weighted by molar-refractivity contribution is 5.77. The van der Waals surface area contributed by atoms with E-state index >= 15 is 0 Å². The van der Waals surface area contributed by atoms with Crippen LogP contribution in [0, 0.1) is 0 Å². The highest BCUT2D eigenvalue weighted by atomic mass is 16.5. The Morgan fingerprint density at radius 3 is 1.94 bits per heavy atom. The number of rotatable bonds is 9. The molecule has 0 spiro atoms. The van der Waals surface area contributed by atoms with Crippen molar-refractivity contribution in [2.45, 2.75) is 27.2 Å². The van der Waals surface area contributed by atoms with Gasteiger partial charge in [0.15, 0.2) is 0 Å². The van der Waals surface area contributed by atoms with Gasteiger partial charge in [-0.3, -0.25) is 9.59 Å². The molecular weight excluding hydrogens is 236 g/mol. The zero-order valence-corrected chi connectivity index (χ0v) is 11.9. The second-order valence-electron chi connectivity index (χ2n) is 3.10.